The summed E-state index contributed by atoms with van der Waals surface area (Å²) < 4.78 is 4.79. The van der Waals surface area contributed by atoms with Gasteiger partial charge in [0.2, 0.25) is 0 Å². The normalized spacial score (nSPS) is 14.0. The number of esters is 1. The van der Waals surface area contributed by atoms with E-state index in [0.29, 0.717) is 23.7 Å². The van der Waals surface area contributed by atoms with E-state index in [2.05, 4.69) is 83.1 Å². The lowest BCUT2D eigenvalue weighted by Gasteiger charge is -2.45. The molecule has 0 radical (unpaired) electrons. The molecule has 4 rings (SSSR count). The van der Waals surface area contributed by atoms with Crippen LogP contribution in [0.1, 0.15) is 96.1 Å². The quantitative estimate of drug-likeness (QED) is 0.0885. The third-order valence-electron chi connectivity index (χ3n) is 10.6. The highest BCUT2D eigenvalue weighted by Gasteiger charge is 2.51. The highest BCUT2D eigenvalue weighted by atomic mass is 35.5. The standard InChI is InChI=1S/C43H56ClN3O4Si/c1-30(2)36(25-27-42(6,7)52(50,34-16-12-10-13-17-34)35-18-14-11-15-19-35)43(8,33-22-20-31(37(44)28-33)24-26-41(3,4)5)47-40(49)46-38-23-21-32(29-45-38)39(48)51-9/h10-23,28-30,36,50H,24-27H2,1-9H3,(H2,45,46,47,49)/t36?,43-/m0/s1. The fourth-order valence-corrected chi connectivity index (χ4v) is 11.4. The first kappa shape index (κ1) is 40.8. The lowest BCUT2D eigenvalue weighted by Crippen LogP contribution is -2.65. The van der Waals surface area contributed by atoms with Crippen molar-refractivity contribution in [3.05, 3.63) is 119 Å². The predicted octanol–water partition coefficient (Wildman–Crippen LogP) is 9.12. The zero-order chi connectivity index (χ0) is 38.3. The van der Waals surface area contributed by atoms with Gasteiger partial charge in [0.25, 0.3) is 8.32 Å². The number of aromatic nitrogens is 1. The number of anilines is 1. The molecule has 52 heavy (non-hydrogen) atoms. The Balaban J connectivity index is 1.72. The molecule has 0 saturated heterocycles. The van der Waals surface area contributed by atoms with Gasteiger partial charge in [0.1, 0.15) is 5.82 Å². The van der Waals surface area contributed by atoms with Crippen molar-refractivity contribution in [2.75, 3.05) is 12.4 Å². The van der Waals surface area contributed by atoms with Gasteiger partial charge in [-0.15, -0.1) is 0 Å². The number of carbonyl (C=O) groups is 2. The number of methoxy groups -OCH3 is 1. The summed E-state index contributed by atoms with van der Waals surface area (Å²) >= 11 is 7.01. The molecule has 0 aliphatic rings. The number of rotatable bonds is 14. The van der Waals surface area contributed by atoms with Crippen LogP contribution < -0.4 is 21.0 Å². The lowest BCUT2D eigenvalue weighted by molar-refractivity contribution is 0.0600. The number of hydrogen-bond donors (Lipinski definition) is 3. The second-order valence-electron chi connectivity index (χ2n) is 16.3. The van der Waals surface area contributed by atoms with E-state index in [1.807, 2.05) is 66.7 Å². The smallest absolute Gasteiger partial charge is 0.339 e. The second kappa shape index (κ2) is 16.8. The minimum absolute atomic E-state index is 0.0616. The summed E-state index contributed by atoms with van der Waals surface area (Å²) in [6.07, 6.45) is 4.64. The number of aryl methyl sites for hydroxylation is 1. The van der Waals surface area contributed by atoms with E-state index in [0.717, 1.165) is 34.3 Å². The number of pyridine rings is 1. The molecule has 7 nitrogen and oxygen atoms in total. The zero-order valence-electron chi connectivity index (χ0n) is 32.2. The molecule has 1 aromatic heterocycles. The third kappa shape index (κ3) is 9.51. The molecule has 0 spiro atoms. The van der Waals surface area contributed by atoms with E-state index >= 15 is 0 Å². The van der Waals surface area contributed by atoms with E-state index < -0.39 is 30.9 Å². The van der Waals surface area contributed by atoms with E-state index in [9.17, 15) is 14.4 Å². The van der Waals surface area contributed by atoms with E-state index in [1.165, 1.54) is 13.3 Å². The van der Waals surface area contributed by atoms with Crippen molar-refractivity contribution in [1.82, 2.24) is 10.3 Å². The van der Waals surface area contributed by atoms with Crippen LogP contribution in [0.25, 0.3) is 0 Å². The molecule has 0 fully saturated rings. The fraction of sp³-hybridized carbons (Fsp3) is 0.419. The van der Waals surface area contributed by atoms with Gasteiger partial charge in [-0.3, -0.25) is 5.32 Å². The van der Waals surface area contributed by atoms with E-state index in [-0.39, 0.29) is 22.8 Å². The lowest BCUT2D eigenvalue weighted by atomic mass is 9.70. The number of benzene rings is 3. The van der Waals surface area contributed by atoms with Crippen molar-refractivity contribution < 1.29 is 19.1 Å². The Morgan fingerprint density at radius 3 is 1.94 bits per heavy atom. The van der Waals surface area contributed by atoms with Crippen LogP contribution in [0.4, 0.5) is 10.6 Å². The molecule has 9 heteroatoms. The molecular weight excluding hydrogens is 686 g/mol. The minimum atomic E-state index is -3.27. The van der Waals surface area contributed by atoms with Gasteiger partial charge in [0.15, 0.2) is 0 Å². The zero-order valence-corrected chi connectivity index (χ0v) is 34.0. The first-order valence-electron chi connectivity index (χ1n) is 18.2. The van der Waals surface area contributed by atoms with Crippen LogP contribution in [0.5, 0.6) is 0 Å². The van der Waals surface area contributed by atoms with Crippen LogP contribution >= 0.6 is 11.6 Å². The van der Waals surface area contributed by atoms with Crippen molar-refractivity contribution in [2.24, 2.45) is 17.3 Å². The first-order valence-corrected chi connectivity index (χ1v) is 20.5. The maximum absolute atomic E-state index is 13.9. The number of ether oxygens (including phenoxy) is 1. The Labute approximate surface area is 316 Å². The molecule has 2 amide bonds. The van der Waals surface area contributed by atoms with Gasteiger partial charge < -0.3 is 14.8 Å². The van der Waals surface area contributed by atoms with Crippen molar-refractivity contribution in [3.63, 3.8) is 0 Å². The van der Waals surface area contributed by atoms with Crippen molar-refractivity contribution in [3.8, 4) is 0 Å². The van der Waals surface area contributed by atoms with Crippen molar-refractivity contribution in [2.45, 2.75) is 91.7 Å². The summed E-state index contributed by atoms with van der Waals surface area (Å²) in [5, 5.41) is 8.34. The maximum atomic E-state index is 13.9. The number of nitrogens with one attached hydrogen (secondary N) is 2. The highest BCUT2D eigenvalue weighted by Crippen LogP contribution is 2.46. The highest BCUT2D eigenvalue weighted by molar-refractivity contribution is 6.98. The summed E-state index contributed by atoms with van der Waals surface area (Å²) in [5.41, 5.74) is 1.56. The molecule has 278 valence electrons. The largest absolute Gasteiger partial charge is 0.465 e. The molecule has 3 aromatic carbocycles. The molecule has 3 N–H and O–H groups in total. The Hall–Kier alpha value is -3.98. The number of amides is 2. The fourth-order valence-electron chi connectivity index (χ4n) is 7.34. The number of halogens is 1. The molecule has 0 aliphatic heterocycles. The van der Waals surface area contributed by atoms with Crippen molar-refractivity contribution in [1.29, 1.82) is 0 Å². The monoisotopic (exact) mass is 741 g/mol. The molecule has 4 aromatic rings. The molecule has 1 unspecified atom stereocenters. The van der Waals surface area contributed by atoms with E-state index in [4.69, 9.17) is 16.3 Å². The van der Waals surface area contributed by atoms with Gasteiger partial charge in [-0.25, -0.2) is 14.6 Å². The van der Waals surface area contributed by atoms with Gasteiger partial charge in [-0.1, -0.05) is 133 Å². The first-order chi connectivity index (χ1) is 24.4. The van der Waals surface area contributed by atoms with E-state index in [1.54, 1.807) is 12.1 Å². The molecular formula is C43H56ClN3O4Si. The van der Waals surface area contributed by atoms with Gasteiger partial charge >= 0.3 is 12.0 Å². The second-order valence-corrected chi connectivity index (χ2v) is 20.6. The van der Waals surface area contributed by atoms with Gasteiger partial charge in [-0.05, 0) is 94.6 Å². The van der Waals surface area contributed by atoms with Gasteiger partial charge in [0, 0.05) is 11.2 Å². The summed E-state index contributed by atoms with van der Waals surface area (Å²) in [4.78, 5) is 43.0. The summed E-state index contributed by atoms with van der Waals surface area (Å²) in [6, 6.07) is 29.0. The number of urea groups is 1. The maximum Gasteiger partial charge on any atom is 0.339 e. The van der Waals surface area contributed by atoms with Crippen LogP contribution in [0.3, 0.4) is 0 Å². The van der Waals surface area contributed by atoms with Crippen LogP contribution in [-0.4, -0.2) is 37.2 Å². The minimum Gasteiger partial charge on any atom is -0.465 e. The molecule has 0 saturated carbocycles. The predicted molar refractivity (Wildman–Crippen MR) is 216 cm³/mol. The topological polar surface area (TPSA) is 101 Å². The summed E-state index contributed by atoms with van der Waals surface area (Å²) in [7, 11) is -1.96. The van der Waals surface area contributed by atoms with Crippen LogP contribution in [-0.2, 0) is 16.7 Å². The Morgan fingerprint density at radius 1 is 0.865 bits per heavy atom. The average Bonchev–Trinajstić information content (AvgIpc) is 3.10. The van der Waals surface area contributed by atoms with Crippen molar-refractivity contribution >= 4 is 48.1 Å². The summed E-state index contributed by atoms with van der Waals surface area (Å²) in [5.74, 6) is -0.127. The average molecular weight is 742 g/mol. The van der Waals surface area contributed by atoms with Gasteiger partial charge in [0.05, 0.1) is 18.2 Å². The van der Waals surface area contributed by atoms with Crippen LogP contribution in [0, 0.1) is 17.3 Å². The molecule has 2 atom stereocenters. The third-order valence-corrected chi connectivity index (χ3v) is 15.5. The number of carbonyl (C=O) groups excluding carboxylic acids is 2. The van der Waals surface area contributed by atoms with Gasteiger partial charge in [-0.2, -0.15) is 0 Å². The molecule has 0 aliphatic carbocycles. The number of hydrogen-bond acceptors (Lipinski definition) is 5. The van der Waals surface area contributed by atoms with Crippen LogP contribution in [0.15, 0.2) is 97.2 Å². The molecule has 1 heterocycles. The van der Waals surface area contributed by atoms with Crippen LogP contribution in [0.2, 0.25) is 10.1 Å². The Morgan fingerprint density at radius 2 is 1.46 bits per heavy atom. The number of nitrogens with zero attached hydrogens (tertiary/aromatic N) is 1. The Bertz CT molecular complexity index is 1750. The molecule has 0 bridgehead atoms. The Kier molecular flexibility index (Phi) is 13.2. The SMILES string of the molecule is COC(=O)c1ccc(NC(=O)N[C@@](C)(c2ccc(CCC(C)(C)C)c(Cl)c2)C(CCC(C)(C)[Si](O)(c2ccccc2)c2ccccc2)C(C)C)nc1. The summed E-state index contributed by atoms with van der Waals surface area (Å²) in [6.45, 7) is 17.5.